The number of nitrogens with two attached hydrogens (primary N) is 1. The number of nitrogens with one attached hydrogen (secondary N) is 1. The summed E-state index contributed by atoms with van der Waals surface area (Å²) in [7, 11) is 1.54. The molecule has 1 aromatic carbocycles. The average Bonchev–Trinajstić information content (AvgIpc) is 2.91. The number of rotatable bonds is 5. The Kier molecular flexibility index (Phi) is 3.97. The molecule has 7 nitrogen and oxygen atoms in total. The summed E-state index contributed by atoms with van der Waals surface area (Å²) >= 11 is 0. The van der Waals surface area contributed by atoms with Crippen LogP contribution in [0.15, 0.2) is 29.0 Å². The molecule has 100 valence electrons. The number of amides is 1. The number of carbonyl (C=O) groups is 1. The highest BCUT2D eigenvalue weighted by Gasteiger charge is 2.10. The van der Waals surface area contributed by atoms with Crippen LogP contribution in [0.1, 0.15) is 16.2 Å². The van der Waals surface area contributed by atoms with Crippen molar-refractivity contribution in [3.05, 3.63) is 36.0 Å². The number of nitrogen functional groups attached to an aromatic ring is 1. The van der Waals surface area contributed by atoms with E-state index < -0.39 is 0 Å². The summed E-state index contributed by atoms with van der Waals surface area (Å²) in [6.07, 6.45) is 1.79. The largest absolute Gasteiger partial charge is 0.497 e. The number of ether oxygens (including phenoxy) is 1. The normalized spacial score (nSPS) is 10.2. The Labute approximate surface area is 109 Å². The van der Waals surface area contributed by atoms with Crippen LogP contribution in [-0.2, 0) is 6.42 Å². The minimum atomic E-state index is -0.250. The number of carbonyl (C=O) groups excluding carboxylic acids is 1. The summed E-state index contributed by atoms with van der Waals surface area (Å²) in [4.78, 5) is 15.8. The topological polar surface area (TPSA) is 103 Å². The Balaban J connectivity index is 1.92. The zero-order chi connectivity index (χ0) is 13.7. The highest BCUT2D eigenvalue weighted by molar-refractivity contribution is 5.99. The lowest BCUT2D eigenvalue weighted by Gasteiger charge is -2.08. The molecule has 2 rings (SSSR count). The zero-order valence-electron chi connectivity index (χ0n) is 10.4. The molecule has 7 heteroatoms. The molecule has 0 aliphatic rings. The Morgan fingerprint density at radius 2 is 2.37 bits per heavy atom. The Bertz CT molecular complexity index is 554. The predicted octanol–water partition coefficient (Wildman–Crippen LogP) is 0.633. The van der Waals surface area contributed by atoms with Crippen LogP contribution in [0.4, 0.5) is 5.69 Å². The van der Waals surface area contributed by atoms with Crippen LogP contribution in [0.25, 0.3) is 0 Å². The van der Waals surface area contributed by atoms with E-state index in [1.807, 2.05) is 0 Å². The highest BCUT2D eigenvalue weighted by atomic mass is 16.5. The second kappa shape index (κ2) is 5.85. The number of methoxy groups -OCH3 is 1. The Morgan fingerprint density at radius 3 is 3.00 bits per heavy atom. The van der Waals surface area contributed by atoms with Crippen molar-refractivity contribution in [2.75, 3.05) is 19.4 Å². The van der Waals surface area contributed by atoms with Gasteiger partial charge in [-0.05, 0) is 12.1 Å². The van der Waals surface area contributed by atoms with Gasteiger partial charge in [-0.25, -0.2) is 0 Å². The summed E-state index contributed by atoms with van der Waals surface area (Å²) in [6, 6.07) is 4.91. The molecule has 0 saturated carbocycles. The van der Waals surface area contributed by atoms with Gasteiger partial charge < -0.3 is 20.3 Å². The van der Waals surface area contributed by atoms with Crippen molar-refractivity contribution in [1.82, 2.24) is 15.5 Å². The summed E-state index contributed by atoms with van der Waals surface area (Å²) in [5.41, 5.74) is 6.56. The third kappa shape index (κ3) is 3.21. The van der Waals surface area contributed by atoms with E-state index in [2.05, 4.69) is 15.5 Å². The summed E-state index contributed by atoms with van der Waals surface area (Å²) in [5, 5.41) is 6.21. The van der Waals surface area contributed by atoms with Crippen LogP contribution in [0, 0.1) is 0 Å². The predicted molar refractivity (Wildman–Crippen MR) is 67.7 cm³/mol. The van der Waals surface area contributed by atoms with Crippen LogP contribution >= 0.6 is 0 Å². The van der Waals surface area contributed by atoms with Crippen molar-refractivity contribution in [2.45, 2.75) is 6.42 Å². The van der Waals surface area contributed by atoms with E-state index in [9.17, 15) is 4.79 Å². The van der Waals surface area contributed by atoms with Gasteiger partial charge in [0.25, 0.3) is 5.91 Å². The molecule has 0 bridgehead atoms. The lowest BCUT2D eigenvalue weighted by Crippen LogP contribution is -2.26. The van der Waals surface area contributed by atoms with E-state index in [1.54, 1.807) is 25.3 Å². The van der Waals surface area contributed by atoms with E-state index in [-0.39, 0.29) is 5.91 Å². The van der Waals surface area contributed by atoms with E-state index in [4.69, 9.17) is 15.0 Å². The van der Waals surface area contributed by atoms with Gasteiger partial charge in [0.1, 0.15) is 5.75 Å². The molecule has 19 heavy (non-hydrogen) atoms. The van der Waals surface area contributed by atoms with Gasteiger partial charge in [0.05, 0.1) is 12.7 Å². The third-order valence-corrected chi connectivity index (χ3v) is 2.53. The molecule has 3 N–H and O–H groups in total. The second-order valence-electron chi connectivity index (χ2n) is 3.79. The smallest absolute Gasteiger partial charge is 0.253 e. The molecule has 0 spiro atoms. The van der Waals surface area contributed by atoms with Gasteiger partial charge in [-0.3, -0.25) is 4.79 Å². The molecule has 2 aromatic rings. The maximum absolute atomic E-state index is 11.9. The lowest BCUT2D eigenvalue weighted by molar-refractivity contribution is 0.0954. The standard InChI is InChI=1S/C12H14N4O3/c1-18-8-2-3-9(10(13)6-8)12(17)14-5-4-11-15-7-16-19-11/h2-3,6-7H,4-5,13H2,1H3,(H,14,17). The molecule has 0 atom stereocenters. The molecule has 1 heterocycles. The Morgan fingerprint density at radius 1 is 1.53 bits per heavy atom. The maximum atomic E-state index is 11.9. The highest BCUT2D eigenvalue weighted by Crippen LogP contribution is 2.19. The Hall–Kier alpha value is -2.57. The van der Waals surface area contributed by atoms with Crippen molar-refractivity contribution in [2.24, 2.45) is 0 Å². The van der Waals surface area contributed by atoms with Gasteiger partial charge in [-0.2, -0.15) is 4.98 Å². The second-order valence-corrected chi connectivity index (χ2v) is 3.79. The molecule has 0 radical (unpaired) electrons. The van der Waals surface area contributed by atoms with Crippen LogP contribution in [-0.4, -0.2) is 29.7 Å². The minimum absolute atomic E-state index is 0.250. The average molecular weight is 262 g/mol. The first-order valence-corrected chi connectivity index (χ1v) is 5.68. The maximum Gasteiger partial charge on any atom is 0.253 e. The molecule has 0 aliphatic heterocycles. The van der Waals surface area contributed by atoms with Crippen LogP contribution in [0.2, 0.25) is 0 Å². The third-order valence-electron chi connectivity index (χ3n) is 2.53. The molecular weight excluding hydrogens is 248 g/mol. The van der Waals surface area contributed by atoms with Gasteiger partial charge in [0.2, 0.25) is 5.89 Å². The first kappa shape index (κ1) is 12.9. The number of hydrogen-bond acceptors (Lipinski definition) is 6. The van der Waals surface area contributed by atoms with E-state index in [0.29, 0.717) is 35.9 Å². The van der Waals surface area contributed by atoms with Crippen molar-refractivity contribution in [1.29, 1.82) is 0 Å². The van der Waals surface area contributed by atoms with Crippen molar-refractivity contribution >= 4 is 11.6 Å². The summed E-state index contributed by atoms with van der Waals surface area (Å²) < 4.78 is 9.84. The van der Waals surface area contributed by atoms with E-state index >= 15 is 0 Å². The van der Waals surface area contributed by atoms with E-state index in [0.717, 1.165) is 0 Å². The van der Waals surface area contributed by atoms with Crippen LogP contribution in [0.3, 0.4) is 0 Å². The zero-order valence-corrected chi connectivity index (χ0v) is 10.4. The fourth-order valence-corrected chi connectivity index (χ4v) is 1.56. The number of anilines is 1. The molecule has 0 aliphatic carbocycles. The first-order chi connectivity index (χ1) is 9.20. The van der Waals surface area contributed by atoms with Gasteiger partial charge >= 0.3 is 0 Å². The SMILES string of the molecule is COc1ccc(C(=O)NCCc2ncno2)c(N)c1. The monoisotopic (exact) mass is 262 g/mol. The molecule has 0 saturated heterocycles. The molecule has 1 amide bonds. The fourth-order valence-electron chi connectivity index (χ4n) is 1.56. The summed E-state index contributed by atoms with van der Waals surface area (Å²) in [6.45, 7) is 0.395. The molecular formula is C12H14N4O3. The van der Waals surface area contributed by atoms with Crippen molar-refractivity contribution in [3.63, 3.8) is 0 Å². The minimum Gasteiger partial charge on any atom is -0.497 e. The van der Waals surface area contributed by atoms with Gasteiger partial charge in [0.15, 0.2) is 6.33 Å². The molecule has 0 unspecified atom stereocenters. The number of hydrogen-bond donors (Lipinski definition) is 2. The quantitative estimate of drug-likeness (QED) is 0.766. The van der Waals surface area contributed by atoms with Crippen LogP contribution in [0.5, 0.6) is 5.75 Å². The number of aromatic nitrogens is 2. The van der Waals surface area contributed by atoms with Crippen molar-refractivity contribution in [3.8, 4) is 5.75 Å². The van der Waals surface area contributed by atoms with E-state index in [1.165, 1.54) is 6.33 Å². The number of benzene rings is 1. The first-order valence-electron chi connectivity index (χ1n) is 5.68. The fraction of sp³-hybridized carbons (Fsp3) is 0.250. The molecule has 0 fully saturated rings. The van der Waals surface area contributed by atoms with Crippen molar-refractivity contribution < 1.29 is 14.1 Å². The number of nitrogens with zero attached hydrogens (tertiary/aromatic N) is 2. The lowest BCUT2D eigenvalue weighted by atomic mass is 10.1. The van der Waals surface area contributed by atoms with Crippen LogP contribution < -0.4 is 15.8 Å². The molecule has 1 aromatic heterocycles. The van der Waals surface area contributed by atoms with Gasteiger partial charge in [-0.15, -0.1) is 0 Å². The van der Waals surface area contributed by atoms with Gasteiger partial charge in [-0.1, -0.05) is 5.16 Å². The van der Waals surface area contributed by atoms with Gasteiger partial charge in [0, 0.05) is 24.7 Å². The summed E-state index contributed by atoms with van der Waals surface area (Å²) in [5.74, 6) is 0.836.